The number of amides is 1. The molecule has 3 rings (SSSR count). The van der Waals surface area contributed by atoms with E-state index in [-0.39, 0.29) is 23.6 Å². The minimum Gasteiger partial charge on any atom is -0.507 e. The molecule has 0 spiro atoms. The van der Waals surface area contributed by atoms with E-state index in [0.717, 1.165) is 13.1 Å². The Labute approximate surface area is 217 Å². The summed E-state index contributed by atoms with van der Waals surface area (Å²) < 4.78 is 5.77. The SMILES string of the molecule is CCN(CC)CCN1C(=O)C(=O)C(=C(O)c2ccc(OCC(C)C)cc2C)C1c1cccc([N+](=O)[O-])c1. The summed E-state index contributed by atoms with van der Waals surface area (Å²) in [6.07, 6.45) is 0. The van der Waals surface area contributed by atoms with Gasteiger partial charge in [-0.05, 0) is 55.3 Å². The highest BCUT2D eigenvalue weighted by Crippen LogP contribution is 2.40. The Morgan fingerprint density at radius 3 is 2.46 bits per heavy atom. The fourth-order valence-electron chi connectivity index (χ4n) is 4.45. The number of ether oxygens (including phenoxy) is 1. The molecule has 9 heteroatoms. The van der Waals surface area contributed by atoms with E-state index in [1.54, 1.807) is 31.2 Å². The molecule has 0 bridgehead atoms. The normalized spacial score (nSPS) is 17.2. The zero-order valence-electron chi connectivity index (χ0n) is 22.1. The Hall–Kier alpha value is -3.72. The largest absolute Gasteiger partial charge is 0.507 e. The van der Waals surface area contributed by atoms with Crippen LogP contribution in [0.2, 0.25) is 0 Å². The zero-order chi connectivity index (χ0) is 27.3. The lowest BCUT2D eigenvalue weighted by molar-refractivity contribution is -0.384. The van der Waals surface area contributed by atoms with Crippen LogP contribution in [-0.2, 0) is 9.59 Å². The number of aliphatic hydroxyl groups is 1. The molecule has 198 valence electrons. The number of carbonyl (C=O) groups is 2. The maximum atomic E-state index is 13.3. The van der Waals surface area contributed by atoms with Gasteiger partial charge >= 0.3 is 0 Å². The molecular formula is C28H35N3O6. The summed E-state index contributed by atoms with van der Waals surface area (Å²) >= 11 is 0. The number of likely N-dealkylation sites (N-methyl/N-ethyl adjacent to an activating group) is 1. The standard InChI is InChI=1S/C28H35N3O6/c1-6-29(7-2)13-14-30-25(20-9-8-10-21(16-20)31(35)36)24(27(33)28(30)34)26(32)23-12-11-22(15-19(23)5)37-17-18(3)4/h8-12,15-16,18,25,32H,6-7,13-14,17H2,1-5H3. The van der Waals surface area contributed by atoms with Crippen molar-refractivity contribution >= 4 is 23.1 Å². The van der Waals surface area contributed by atoms with Crippen LogP contribution in [0.15, 0.2) is 48.0 Å². The molecule has 9 nitrogen and oxygen atoms in total. The maximum Gasteiger partial charge on any atom is 0.295 e. The van der Waals surface area contributed by atoms with Gasteiger partial charge in [0.1, 0.15) is 11.5 Å². The number of ketones is 1. The van der Waals surface area contributed by atoms with Crippen molar-refractivity contribution in [3.8, 4) is 5.75 Å². The van der Waals surface area contributed by atoms with E-state index in [2.05, 4.69) is 4.90 Å². The molecule has 1 amide bonds. The van der Waals surface area contributed by atoms with Crippen molar-refractivity contribution in [1.29, 1.82) is 0 Å². The number of aryl methyl sites for hydroxylation is 1. The van der Waals surface area contributed by atoms with E-state index in [4.69, 9.17) is 4.74 Å². The predicted octanol–water partition coefficient (Wildman–Crippen LogP) is 4.70. The molecule has 0 aromatic heterocycles. The van der Waals surface area contributed by atoms with Crippen LogP contribution in [0.4, 0.5) is 5.69 Å². The first kappa shape index (κ1) is 27.9. The number of rotatable bonds is 11. The predicted molar refractivity (Wildman–Crippen MR) is 141 cm³/mol. The number of aliphatic hydroxyl groups excluding tert-OH is 1. The van der Waals surface area contributed by atoms with Crippen molar-refractivity contribution < 1.29 is 24.4 Å². The number of hydrogen-bond donors (Lipinski definition) is 1. The number of nitro groups is 1. The second-order valence-corrected chi connectivity index (χ2v) is 9.55. The third kappa shape index (κ3) is 6.17. The average molecular weight is 510 g/mol. The maximum absolute atomic E-state index is 13.3. The summed E-state index contributed by atoms with van der Waals surface area (Å²) in [5.41, 5.74) is 1.22. The molecule has 1 aliphatic heterocycles. The quantitative estimate of drug-likeness (QED) is 0.154. The molecule has 1 heterocycles. The second kappa shape index (κ2) is 12.0. The number of hydrogen-bond acceptors (Lipinski definition) is 7. The molecule has 1 unspecified atom stereocenters. The van der Waals surface area contributed by atoms with Crippen LogP contribution in [0.25, 0.3) is 5.76 Å². The highest BCUT2D eigenvalue weighted by molar-refractivity contribution is 6.46. The molecule has 0 saturated carbocycles. The smallest absolute Gasteiger partial charge is 0.295 e. The molecular weight excluding hydrogens is 474 g/mol. The minimum atomic E-state index is -0.952. The lowest BCUT2D eigenvalue weighted by Gasteiger charge is -2.28. The number of nitro benzene ring substituents is 1. The summed E-state index contributed by atoms with van der Waals surface area (Å²) in [7, 11) is 0. The Morgan fingerprint density at radius 1 is 1.16 bits per heavy atom. The van der Waals surface area contributed by atoms with Crippen LogP contribution in [-0.4, -0.2) is 64.3 Å². The summed E-state index contributed by atoms with van der Waals surface area (Å²) in [6, 6.07) is 10.1. The van der Waals surface area contributed by atoms with Gasteiger partial charge in [-0.2, -0.15) is 0 Å². The Morgan fingerprint density at radius 2 is 1.86 bits per heavy atom. The zero-order valence-corrected chi connectivity index (χ0v) is 22.1. The van der Waals surface area contributed by atoms with Crippen molar-refractivity contribution in [2.24, 2.45) is 5.92 Å². The van der Waals surface area contributed by atoms with Crippen molar-refractivity contribution in [3.05, 3.63) is 74.8 Å². The summed E-state index contributed by atoms with van der Waals surface area (Å²) in [6.45, 7) is 12.7. The fraction of sp³-hybridized carbons (Fsp3) is 0.429. The van der Waals surface area contributed by atoms with Gasteiger partial charge in [0.2, 0.25) is 0 Å². The molecule has 1 fully saturated rings. The number of benzene rings is 2. The Kier molecular flexibility index (Phi) is 9.04. The van der Waals surface area contributed by atoms with Gasteiger partial charge in [-0.25, -0.2) is 0 Å². The Bertz CT molecular complexity index is 1200. The third-order valence-electron chi connectivity index (χ3n) is 6.52. The molecule has 37 heavy (non-hydrogen) atoms. The van der Waals surface area contributed by atoms with Crippen molar-refractivity contribution in [3.63, 3.8) is 0 Å². The second-order valence-electron chi connectivity index (χ2n) is 9.55. The van der Waals surface area contributed by atoms with Crippen LogP contribution in [0.5, 0.6) is 5.75 Å². The van der Waals surface area contributed by atoms with E-state index >= 15 is 0 Å². The van der Waals surface area contributed by atoms with E-state index in [1.807, 2.05) is 27.7 Å². The van der Waals surface area contributed by atoms with Crippen LogP contribution in [0.3, 0.4) is 0 Å². The van der Waals surface area contributed by atoms with Crippen LogP contribution >= 0.6 is 0 Å². The first-order valence-electron chi connectivity index (χ1n) is 12.6. The lowest BCUT2D eigenvalue weighted by Crippen LogP contribution is -2.38. The number of likely N-dealkylation sites (tertiary alicyclic amines) is 1. The number of non-ortho nitro benzene ring substituents is 1. The van der Waals surface area contributed by atoms with Gasteiger partial charge < -0.3 is 19.6 Å². The van der Waals surface area contributed by atoms with Gasteiger partial charge in [-0.3, -0.25) is 19.7 Å². The van der Waals surface area contributed by atoms with E-state index in [1.165, 1.54) is 23.1 Å². The third-order valence-corrected chi connectivity index (χ3v) is 6.52. The summed E-state index contributed by atoms with van der Waals surface area (Å²) in [4.78, 5) is 40.9. The Balaban J connectivity index is 2.11. The average Bonchev–Trinajstić information content (AvgIpc) is 3.12. The summed E-state index contributed by atoms with van der Waals surface area (Å²) in [5.74, 6) is -0.880. The fourth-order valence-corrected chi connectivity index (χ4v) is 4.45. The molecule has 2 aromatic rings. The summed E-state index contributed by atoms with van der Waals surface area (Å²) in [5, 5.41) is 22.8. The van der Waals surface area contributed by atoms with Gasteiger partial charge in [0.25, 0.3) is 17.4 Å². The lowest BCUT2D eigenvalue weighted by atomic mass is 9.93. The highest BCUT2D eigenvalue weighted by Gasteiger charge is 2.46. The van der Waals surface area contributed by atoms with Gasteiger partial charge in [0.15, 0.2) is 0 Å². The minimum absolute atomic E-state index is 0.0796. The molecule has 0 aliphatic carbocycles. The van der Waals surface area contributed by atoms with Crippen LogP contribution in [0, 0.1) is 23.0 Å². The van der Waals surface area contributed by atoms with Crippen molar-refractivity contribution in [2.45, 2.75) is 40.7 Å². The molecule has 1 N–H and O–H groups in total. The van der Waals surface area contributed by atoms with E-state index in [0.29, 0.717) is 41.5 Å². The first-order valence-corrected chi connectivity index (χ1v) is 12.6. The number of nitrogens with zero attached hydrogens (tertiary/aromatic N) is 3. The van der Waals surface area contributed by atoms with E-state index in [9.17, 15) is 24.8 Å². The first-order chi connectivity index (χ1) is 17.6. The number of carbonyl (C=O) groups excluding carboxylic acids is 2. The highest BCUT2D eigenvalue weighted by atomic mass is 16.6. The molecule has 2 aromatic carbocycles. The van der Waals surface area contributed by atoms with Crippen LogP contribution < -0.4 is 4.74 Å². The van der Waals surface area contributed by atoms with Gasteiger partial charge in [0, 0.05) is 30.8 Å². The molecule has 0 radical (unpaired) electrons. The van der Waals surface area contributed by atoms with Crippen molar-refractivity contribution in [2.75, 3.05) is 32.8 Å². The topological polar surface area (TPSA) is 113 Å². The molecule has 1 saturated heterocycles. The monoisotopic (exact) mass is 509 g/mol. The van der Waals surface area contributed by atoms with Crippen LogP contribution in [0.1, 0.15) is 50.4 Å². The molecule has 1 atom stereocenters. The molecule has 1 aliphatic rings. The van der Waals surface area contributed by atoms with Crippen molar-refractivity contribution in [1.82, 2.24) is 9.80 Å². The van der Waals surface area contributed by atoms with Gasteiger partial charge in [-0.1, -0.05) is 39.8 Å². The number of Topliss-reactive ketones (excluding diaryl/α,β-unsaturated/α-hetero) is 1. The van der Waals surface area contributed by atoms with Gasteiger partial charge in [-0.15, -0.1) is 0 Å². The van der Waals surface area contributed by atoms with E-state index < -0.39 is 22.7 Å². The van der Waals surface area contributed by atoms with Gasteiger partial charge in [0.05, 0.1) is 23.1 Å².